The maximum Gasteiger partial charge on any atom is 0.338 e. The lowest BCUT2D eigenvalue weighted by Crippen LogP contribution is -2.45. The van der Waals surface area contributed by atoms with Crippen molar-refractivity contribution in [1.82, 2.24) is 5.32 Å². The second-order valence-corrected chi connectivity index (χ2v) is 7.67. The van der Waals surface area contributed by atoms with Gasteiger partial charge in [0, 0.05) is 6.04 Å². The molecule has 1 aromatic carbocycles. The molecule has 0 unspecified atom stereocenters. The lowest BCUT2D eigenvalue weighted by atomic mass is 9.95. The van der Waals surface area contributed by atoms with Crippen molar-refractivity contribution in [3.8, 4) is 5.75 Å². The molecule has 0 saturated heterocycles. The van der Waals surface area contributed by atoms with Crippen LogP contribution in [0, 0.1) is 0 Å². The summed E-state index contributed by atoms with van der Waals surface area (Å²) >= 11 is 0. The molecule has 3 rings (SSSR count). The van der Waals surface area contributed by atoms with Crippen LogP contribution in [-0.4, -0.2) is 35.5 Å². The second-order valence-electron chi connectivity index (χ2n) is 7.67. The highest BCUT2D eigenvalue weighted by Gasteiger charge is 2.35. The SMILES string of the molecule is C[C@@H](OC(=O)c1ccc2c(c1)NC(=O)C(C)(C)O2)C(=O)NC1CCCCC1. The topological polar surface area (TPSA) is 93.7 Å². The van der Waals surface area contributed by atoms with Crippen LogP contribution in [-0.2, 0) is 14.3 Å². The van der Waals surface area contributed by atoms with Crippen LogP contribution in [0.25, 0.3) is 0 Å². The molecule has 0 spiro atoms. The Morgan fingerprint density at radius 1 is 1.26 bits per heavy atom. The van der Waals surface area contributed by atoms with Crippen LogP contribution in [0.1, 0.15) is 63.2 Å². The van der Waals surface area contributed by atoms with E-state index >= 15 is 0 Å². The number of ether oxygens (including phenoxy) is 2. The smallest absolute Gasteiger partial charge is 0.338 e. The predicted molar refractivity (Wildman–Crippen MR) is 99.7 cm³/mol. The predicted octanol–water partition coefficient (Wildman–Crippen LogP) is 2.79. The van der Waals surface area contributed by atoms with Crippen LogP contribution in [0.4, 0.5) is 5.69 Å². The van der Waals surface area contributed by atoms with Gasteiger partial charge in [0.15, 0.2) is 11.7 Å². The number of fused-ring (bicyclic) bond motifs is 1. The molecule has 1 saturated carbocycles. The number of benzene rings is 1. The number of esters is 1. The lowest BCUT2D eigenvalue weighted by Gasteiger charge is -2.31. The number of anilines is 1. The molecule has 0 bridgehead atoms. The van der Waals surface area contributed by atoms with Gasteiger partial charge in [0.05, 0.1) is 11.3 Å². The summed E-state index contributed by atoms with van der Waals surface area (Å²) in [5, 5.41) is 5.67. The number of amides is 2. The van der Waals surface area contributed by atoms with Gasteiger partial charge in [0.25, 0.3) is 11.8 Å². The van der Waals surface area contributed by atoms with E-state index in [1.165, 1.54) is 12.5 Å². The van der Waals surface area contributed by atoms with Crippen molar-refractivity contribution in [3.05, 3.63) is 23.8 Å². The molecule has 27 heavy (non-hydrogen) atoms. The first-order valence-corrected chi connectivity index (χ1v) is 9.42. The van der Waals surface area contributed by atoms with E-state index in [1.807, 2.05) is 0 Å². The van der Waals surface area contributed by atoms with E-state index in [1.54, 1.807) is 32.9 Å². The summed E-state index contributed by atoms with van der Waals surface area (Å²) < 4.78 is 10.9. The molecule has 2 N–H and O–H groups in total. The summed E-state index contributed by atoms with van der Waals surface area (Å²) in [6, 6.07) is 4.82. The minimum Gasteiger partial charge on any atom is -0.476 e. The summed E-state index contributed by atoms with van der Waals surface area (Å²) in [5.41, 5.74) is -0.316. The Bertz CT molecular complexity index is 753. The van der Waals surface area contributed by atoms with E-state index in [4.69, 9.17) is 9.47 Å². The molecule has 2 aliphatic rings. The third-order valence-corrected chi connectivity index (χ3v) is 4.98. The minimum atomic E-state index is -0.971. The molecular formula is C20H26N2O5. The van der Waals surface area contributed by atoms with E-state index < -0.39 is 17.7 Å². The molecule has 7 heteroatoms. The van der Waals surface area contributed by atoms with E-state index in [0.717, 1.165) is 25.7 Å². The van der Waals surface area contributed by atoms with Crippen LogP contribution in [0.3, 0.4) is 0 Å². The first-order valence-electron chi connectivity index (χ1n) is 9.42. The molecule has 7 nitrogen and oxygen atoms in total. The van der Waals surface area contributed by atoms with Gasteiger partial charge < -0.3 is 20.1 Å². The highest BCUT2D eigenvalue weighted by atomic mass is 16.5. The Hall–Kier alpha value is -2.57. The first-order chi connectivity index (χ1) is 12.8. The second kappa shape index (κ2) is 7.58. The summed E-state index contributed by atoms with van der Waals surface area (Å²) in [7, 11) is 0. The Morgan fingerprint density at radius 2 is 1.96 bits per heavy atom. The Labute approximate surface area is 158 Å². The Balaban J connectivity index is 1.61. The standard InChI is InChI=1S/C20H26N2O5/c1-12(17(23)21-14-7-5-4-6-8-14)26-18(24)13-9-10-16-15(11-13)22-19(25)20(2,3)27-16/h9-12,14H,4-8H2,1-3H3,(H,21,23)(H,22,25)/t12-/m1/s1. The maximum absolute atomic E-state index is 12.4. The van der Waals surface area contributed by atoms with E-state index in [-0.39, 0.29) is 23.4 Å². The van der Waals surface area contributed by atoms with Gasteiger partial charge in [-0.25, -0.2) is 4.79 Å². The molecule has 1 heterocycles. The quantitative estimate of drug-likeness (QED) is 0.791. The van der Waals surface area contributed by atoms with Gasteiger partial charge in [0.2, 0.25) is 0 Å². The summed E-state index contributed by atoms with van der Waals surface area (Å²) in [5.74, 6) is -0.713. The third-order valence-electron chi connectivity index (χ3n) is 4.98. The molecule has 1 aliphatic heterocycles. The molecule has 0 radical (unpaired) electrons. The zero-order chi connectivity index (χ0) is 19.6. The third kappa shape index (κ3) is 4.40. The summed E-state index contributed by atoms with van der Waals surface area (Å²) in [6.07, 6.45) is 4.46. The molecule has 1 aromatic rings. The zero-order valence-corrected chi connectivity index (χ0v) is 16.0. The fraction of sp³-hybridized carbons (Fsp3) is 0.550. The monoisotopic (exact) mass is 374 g/mol. The summed E-state index contributed by atoms with van der Waals surface area (Å²) in [6.45, 7) is 4.89. The Morgan fingerprint density at radius 3 is 2.67 bits per heavy atom. The fourth-order valence-electron chi connectivity index (χ4n) is 3.29. The average Bonchev–Trinajstić information content (AvgIpc) is 2.62. The van der Waals surface area contributed by atoms with Crippen molar-refractivity contribution in [2.24, 2.45) is 0 Å². The molecule has 1 aliphatic carbocycles. The van der Waals surface area contributed by atoms with Crippen LogP contribution in [0.15, 0.2) is 18.2 Å². The highest BCUT2D eigenvalue weighted by Crippen LogP contribution is 2.34. The van der Waals surface area contributed by atoms with E-state index in [0.29, 0.717) is 11.4 Å². The van der Waals surface area contributed by atoms with Gasteiger partial charge in [-0.2, -0.15) is 0 Å². The van der Waals surface area contributed by atoms with Crippen molar-refractivity contribution >= 4 is 23.5 Å². The van der Waals surface area contributed by atoms with Crippen molar-refractivity contribution in [1.29, 1.82) is 0 Å². The highest BCUT2D eigenvalue weighted by molar-refractivity contribution is 6.02. The lowest BCUT2D eigenvalue weighted by molar-refractivity contribution is -0.130. The number of carbonyl (C=O) groups is 3. The largest absolute Gasteiger partial charge is 0.476 e. The van der Waals surface area contributed by atoms with Gasteiger partial charge >= 0.3 is 5.97 Å². The van der Waals surface area contributed by atoms with Crippen LogP contribution >= 0.6 is 0 Å². The van der Waals surface area contributed by atoms with Gasteiger partial charge in [-0.1, -0.05) is 19.3 Å². The van der Waals surface area contributed by atoms with Crippen molar-refractivity contribution < 1.29 is 23.9 Å². The number of hydrogen-bond donors (Lipinski definition) is 2. The number of carbonyl (C=O) groups excluding carboxylic acids is 3. The maximum atomic E-state index is 12.4. The van der Waals surface area contributed by atoms with Crippen molar-refractivity contribution in [3.63, 3.8) is 0 Å². The molecule has 2 amide bonds. The van der Waals surface area contributed by atoms with E-state index in [2.05, 4.69) is 10.6 Å². The molecular weight excluding hydrogens is 348 g/mol. The zero-order valence-electron chi connectivity index (χ0n) is 16.0. The average molecular weight is 374 g/mol. The minimum absolute atomic E-state index is 0.159. The van der Waals surface area contributed by atoms with Gasteiger partial charge in [-0.3, -0.25) is 9.59 Å². The molecule has 1 atom stereocenters. The number of hydrogen-bond acceptors (Lipinski definition) is 5. The van der Waals surface area contributed by atoms with Gasteiger partial charge in [-0.05, 0) is 51.8 Å². The normalized spacial score (nSPS) is 19.9. The first kappa shape index (κ1) is 19.2. The van der Waals surface area contributed by atoms with Crippen LogP contribution in [0.2, 0.25) is 0 Å². The number of nitrogens with one attached hydrogen (secondary N) is 2. The van der Waals surface area contributed by atoms with Crippen molar-refractivity contribution in [2.45, 2.75) is 70.6 Å². The fourth-order valence-corrected chi connectivity index (χ4v) is 3.29. The Kier molecular flexibility index (Phi) is 5.39. The summed E-state index contributed by atoms with van der Waals surface area (Å²) in [4.78, 5) is 36.7. The molecule has 146 valence electrons. The van der Waals surface area contributed by atoms with Gasteiger partial charge in [0.1, 0.15) is 5.75 Å². The van der Waals surface area contributed by atoms with Crippen LogP contribution in [0.5, 0.6) is 5.75 Å². The molecule has 0 aromatic heterocycles. The number of rotatable bonds is 4. The van der Waals surface area contributed by atoms with Crippen LogP contribution < -0.4 is 15.4 Å². The van der Waals surface area contributed by atoms with E-state index in [9.17, 15) is 14.4 Å². The van der Waals surface area contributed by atoms with Crippen molar-refractivity contribution in [2.75, 3.05) is 5.32 Å². The molecule has 1 fully saturated rings. The van der Waals surface area contributed by atoms with Gasteiger partial charge in [-0.15, -0.1) is 0 Å².